The van der Waals surface area contributed by atoms with E-state index in [1.54, 1.807) is 20.8 Å². The van der Waals surface area contributed by atoms with Gasteiger partial charge in [0, 0.05) is 12.7 Å². The zero-order chi connectivity index (χ0) is 30.3. The number of ketones is 1. The van der Waals surface area contributed by atoms with Gasteiger partial charge in [-0.1, -0.05) is 32.1 Å². The minimum atomic E-state index is -1.76. The molecule has 1 aromatic heterocycles. The maximum absolute atomic E-state index is 13.3. The van der Waals surface area contributed by atoms with Crippen LogP contribution in [0.1, 0.15) is 88.7 Å². The number of carboxylic acid groups (broad SMARTS) is 1. The first-order chi connectivity index (χ1) is 18.6. The molecule has 1 amide bonds. The van der Waals surface area contributed by atoms with E-state index < -0.39 is 40.8 Å². The van der Waals surface area contributed by atoms with Gasteiger partial charge in [-0.05, 0) is 64.5 Å². The average Bonchev–Trinajstić information content (AvgIpc) is 2.87. The molecular formula is C28H44N6O6. The highest BCUT2D eigenvalue weighted by Gasteiger charge is 2.60. The number of ether oxygens (including phenoxy) is 1. The Labute approximate surface area is 235 Å². The molecule has 1 aliphatic heterocycles. The number of amidine groups is 1. The number of hydrogen-bond donors (Lipinski definition) is 5. The molecule has 1 aromatic rings. The number of hydrogen-bond acceptors (Lipinski definition) is 9. The van der Waals surface area contributed by atoms with Crippen molar-refractivity contribution >= 4 is 29.5 Å². The van der Waals surface area contributed by atoms with Crippen LogP contribution in [-0.4, -0.2) is 74.7 Å². The Morgan fingerprint density at radius 3 is 2.20 bits per heavy atom. The second-order valence-corrected chi connectivity index (χ2v) is 11.6. The summed E-state index contributed by atoms with van der Waals surface area (Å²) in [7, 11) is 0. The number of nitrogens with one attached hydrogen (secondary N) is 1. The van der Waals surface area contributed by atoms with Crippen LogP contribution in [-0.2, 0) is 19.1 Å². The number of carbonyl (C=O) groups excluding carboxylic acids is 3. The average molecular weight is 561 g/mol. The number of pyridine rings is 1. The second-order valence-electron chi connectivity index (χ2n) is 11.6. The van der Waals surface area contributed by atoms with Gasteiger partial charge in [0.15, 0.2) is 11.3 Å². The first kappa shape index (κ1) is 32.8. The Kier molecular flexibility index (Phi) is 11.3. The fraction of sp³-hybridized carbons (Fsp3) is 0.643. The van der Waals surface area contributed by atoms with E-state index in [1.165, 1.54) is 30.2 Å². The molecule has 2 aliphatic rings. The maximum atomic E-state index is 13.3. The number of nitrogen functional groups attached to an aromatic ring is 1. The summed E-state index contributed by atoms with van der Waals surface area (Å²) in [5.74, 6) is -3.05. The summed E-state index contributed by atoms with van der Waals surface area (Å²) in [5.41, 5.74) is 14.2. The number of likely N-dealkylation sites (tertiary alicyclic amines) is 1. The fourth-order valence-corrected chi connectivity index (χ4v) is 5.75. The van der Waals surface area contributed by atoms with E-state index in [-0.39, 0.29) is 24.2 Å². The first-order valence-corrected chi connectivity index (χ1v) is 13.7. The molecule has 1 saturated carbocycles. The summed E-state index contributed by atoms with van der Waals surface area (Å²) in [6.45, 7) is 6.99. The van der Waals surface area contributed by atoms with Gasteiger partial charge >= 0.3 is 11.9 Å². The predicted molar refractivity (Wildman–Crippen MR) is 150 cm³/mol. The van der Waals surface area contributed by atoms with Crippen molar-refractivity contribution < 1.29 is 29.0 Å². The Balaban J connectivity index is 0.000000389. The first-order valence-electron chi connectivity index (χ1n) is 13.7. The Morgan fingerprint density at radius 1 is 1.12 bits per heavy atom. The lowest BCUT2D eigenvalue weighted by Crippen LogP contribution is -2.71. The monoisotopic (exact) mass is 560 g/mol. The maximum Gasteiger partial charge on any atom is 0.332 e. The number of aromatic nitrogens is 1. The summed E-state index contributed by atoms with van der Waals surface area (Å²) in [4.78, 5) is 54.4. The van der Waals surface area contributed by atoms with Crippen molar-refractivity contribution in [3.8, 4) is 0 Å². The van der Waals surface area contributed by atoms with Crippen molar-refractivity contribution in [1.29, 1.82) is 5.41 Å². The molecule has 222 valence electrons. The van der Waals surface area contributed by atoms with Crippen LogP contribution in [0.3, 0.4) is 0 Å². The van der Waals surface area contributed by atoms with Gasteiger partial charge in [0.1, 0.15) is 17.1 Å². The number of carboxylic acids is 1. The number of aliphatic carboxylic acids is 1. The third kappa shape index (κ3) is 8.07. The van der Waals surface area contributed by atoms with Crippen LogP contribution >= 0.6 is 0 Å². The van der Waals surface area contributed by atoms with Crippen LogP contribution in [0, 0.1) is 17.2 Å². The molecule has 2 heterocycles. The number of rotatable bonds is 8. The molecule has 0 spiro atoms. The zero-order valence-electron chi connectivity index (χ0n) is 23.9. The van der Waals surface area contributed by atoms with E-state index in [1.807, 2.05) is 0 Å². The molecule has 3 atom stereocenters. The summed E-state index contributed by atoms with van der Waals surface area (Å²) >= 11 is 0. The third-order valence-electron chi connectivity index (χ3n) is 7.38. The van der Waals surface area contributed by atoms with Crippen molar-refractivity contribution in [2.75, 3.05) is 13.1 Å². The SMILES string of the molecule is C[C@H](N)C(=O)C1(C(=O)O)C(C2CCCCC2)CCCN1CC(=O)OC(C)(C)C.N=C(N)c1ccc(C(N)=O)cn1. The number of nitrogens with two attached hydrogens (primary N) is 3. The largest absolute Gasteiger partial charge is 0.480 e. The van der Waals surface area contributed by atoms with Crippen LogP contribution in [0.25, 0.3) is 0 Å². The number of amides is 1. The van der Waals surface area contributed by atoms with Gasteiger partial charge in [-0.25, -0.2) is 4.79 Å². The molecular weight excluding hydrogens is 516 g/mol. The summed E-state index contributed by atoms with van der Waals surface area (Å²) < 4.78 is 5.42. The lowest BCUT2D eigenvalue weighted by molar-refractivity contribution is -0.175. The lowest BCUT2D eigenvalue weighted by Gasteiger charge is -2.51. The molecule has 8 N–H and O–H groups in total. The van der Waals surface area contributed by atoms with Crippen molar-refractivity contribution in [3.63, 3.8) is 0 Å². The van der Waals surface area contributed by atoms with Gasteiger partial charge in [0.05, 0.1) is 18.2 Å². The summed E-state index contributed by atoms with van der Waals surface area (Å²) in [6, 6.07) is 2.04. The van der Waals surface area contributed by atoms with Crippen molar-refractivity contribution in [2.45, 2.75) is 89.8 Å². The molecule has 0 aromatic carbocycles. The van der Waals surface area contributed by atoms with Crippen molar-refractivity contribution in [3.05, 3.63) is 29.6 Å². The molecule has 1 saturated heterocycles. The molecule has 2 fully saturated rings. The molecule has 3 rings (SSSR count). The van der Waals surface area contributed by atoms with E-state index in [9.17, 15) is 24.3 Å². The highest BCUT2D eigenvalue weighted by Crippen LogP contribution is 2.45. The topological polar surface area (TPSA) is 216 Å². The normalized spacial score (nSPS) is 22.8. The Hall–Kier alpha value is -3.38. The number of Topliss-reactive ketones (excluding diaryl/α,β-unsaturated/α-hetero) is 1. The van der Waals surface area contributed by atoms with Crippen LogP contribution in [0.4, 0.5) is 0 Å². The van der Waals surface area contributed by atoms with Crippen LogP contribution in [0.5, 0.6) is 0 Å². The molecule has 0 bridgehead atoms. The number of piperidine rings is 1. The van der Waals surface area contributed by atoms with Crippen LogP contribution in [0.2, 0.25) is 0 Å². The number of carbonyl (C=O) groups is 4. The van der Waals surface area contributed by atoms with Gasteiger partial charge in [-0.2, -0.15) is 0 Å². The third-order valence-corrected chi connectivity index (χ3v) is 7.38. The van der Waals surface area contributed by atoms with Crippen LogP contribution < -0.4 is 17.2 Å². The van der Waals surface area contributed by atoms with Crippen molar-refractivity contribution in [1.82, 2.24) is 9.88 Å². The van der Waals surface area contributed by atoms with E-state index >= 15 is 0 Å². The number of esters is 1. The smallest absolute Gasteiger partial charge is 0.332 e. The minimum Gasteiger partial charge on any atom is -0.480 e. The minimum absolute atomic E-state index is 0.133. The van der Waals surface area contributed by atoms with E-state index in [2.05, 4.69) is 4.98 Å². The molecule has 1 aliphatic carbocycles. The summed E-state index contributed by atoms with van der Waals surface area (Å²) in [6.07, 6.45) is 7.81. The fourth-order valence-electron chi connectivity index (χ4n) is 5.75. The van der Waals surface area contributed by atoms with Crippen molar-refractivity contribution in [2.24, 2.45) is 29.0 Å². The Morgan fingerprint density at radius 2 is 1.75 bits per heavy atom. The standard InChI is InChI=1S/C21H36N2O5.C7H8N4O/c1-14(22)18(25)21(19(26)27)16(15-9-6-5-7-10-15)11-8-12-23(21)13-17(24)28-20(2,3)4;8-6(9)5-2-1-4(3-11-5)7(10)12/h14-16H,5-13,22H2,1-4H3,(H,26,27);1-3H,(H3,8,9)(H2,10,12)/t14-,16?,21?;/m0./s1. The Bertz CT molecular complexity index is 1040. The van der Waals surface area contributed by atoms with Gasteiger partial charge in [-0.3, -0.25) is 29.7 Å². The van der Waals surface area contributed by atoms with Gasteiger partial charge in [-0.15, -0.1) is 0 Å². The lowest BCUT2D eigenvalue weighted by atomic mass is 9.63. The number of primary amides is 1. The molecule has 2 unspecified atom stereocenters. The van der Waals surface area contributed by atoms with Gasteiger partial charge in [0.25, 0.3) is 0 Å². The molecule has 12 nitrogen and oxygen atoms in total. The van der Waals surface area contributed by atoms with E-state index in [4.69, 9.17) is 27.3 Å². The van der Waals surface area contributed by atoms with Crippen LogP contribution in [0.15, 0.2) is 18.3 Å². The van der Waals surface area contributed by atoms with Gasteiger partial charge < -0.3 is 27.0 Å². The molecule has 40 heavy (non-hydrogen) atoms. The van der Waals surface area contributed by atoms with E-state index in [0.717, 1.165) is 38.5 Å². The number of nitrogens with zero attached hydrogens (tertiary/aromatic N) is 2. The summed E-state index contributed by atoms with van der Waals surface area (Å²) in [5, 5.41) is 17.4. The van der Waals surface area contributed by atoms with E-state index in [0.29, 0.717) is 24.2 Å². The quantitative estimate of drug-likeness (QED) is 0.134. The molecule has 12 heteroatoms. The zero-order valence-corrected chi connectivity index (χ0v) is 23.9. The predicted octanol–water partition coefficient (Wildman–Crippen LogP) is 1.82. The highest BCUT2D eigenvalue weighted by atomic mass is 16.6. The molecule has 0 radical (unpaired) electrons. The highest BCUT2D eigenvalue weighted by molar-refractivity contribution is 6.10. The van der Waals surface area contributed by atoms with Gasteiger partial charge in [0.2, 0.25) is 5.91 Å². The second kappa shape index (κ2) is 13.8.